The molecule has 0 aliphatic carbocycles. The van der Waals surface area contributed by atoms with Crippen LogP contribution < -0.4 is 15.4 Å². The van der Waals surface area contributed by atoms with Crippen molar-refractivity contribution in [2.75, 3.05) is 20.2 Å². The summed E-state index contributed by atoms with van der Waals surface area (Å²) in [5.74, 6) is 0.758. The van der Waals surface area contributed by atoms with Crippen LogP contribution in [0.5, 0.6) is 5.75 Å². The highest BCUT2D eigenvalue weighted by Gasteiger charge is 2.15. The number of hydrogen-bond acceptors (Lipinski definition) is 3. The zero-order valence-corrected chi connectivity index (χ0v) is 10.7. The second-order valence-corrected chi connectivity index (χ2v) is 4.60. The lowest BCUT2D eigenvalue weighted by Crippen LogP contribution is -2.40. The Hall–Kier alpha value is -1.55. The molecule has 98 valence electrons. The van der Waals surface area contributed by atoms with Crippen LogP contribution in [-0.4, -0.2) is 32.1 Å². The van der Waals surface area contributed by atoms with E-state index in [4.69, 9.17) is 4.74 Å². The van der Waals surface area contributed by atoms with Crippen molar-refractivity contribution in [3.63, 3.8) is 0 Å². The molecule has 0 bridgehead atoms. The van der Waals surface area contributed by atoms with Crippen LogP contribution in [0.25, 0.3) is 0 Å². The Morgan fingerprint density at radius 1 is 1.33 bits per heavy atom. The first-order valence-corrected chi connectivity index (χ1v) is 6.45. The molecule has 1 saturated heterocycles. The van der Waals surface area contributed by atoms with Crippen LogP contribution in [0.1, 0.15) is 29.6 Å². The first kappa shape index (κ1) is 12.9. The lowest BCUT2D eigenvalue weighted by Gasteiger charge is -2.16. The third kappa shape index (κ3) is 3.47. The molecule has 1 aliphatic heterocycles. The standard InChI is InChI=1S/C14H20N2O2/c1-18-13-7-5-11(6-8-13)14(17)16-12-4-2-3-9-15-10-12/h5-8,12,15H,2-4,9-10H2,1H3,(H,16,17). The van der Waals surface area contributed by atoms with Gasteiger partial charge in [-0.2, -0.15) is 0 Å². The summed E-state index contributed by atoms with van der Waals surface area (Å²) in [6.07, 6.45) is 3.41. The number of benzene rings is 1. The number of amides is 1. The fourth-order valence-corrected chi connectivity index (χ4v) is 2.15. The lowest BCUT2D eigenvalue weighted by atomic mass is 10.1. The van der Waals surface area contributed by atoms with E-state index in [1.54, 1.807) is 31.4 Å². The number of nitrogens with one attached hydrogen (secondary N) is 2. The normalized spacial score (nSPS) is 19.9. The highest BCUT2D eigenvalue weighted by atomic mass is 16.5. The highest BCUT2D eigenvalue weighted by Crippen LogP contribution is 2.12. The van der Waals surface area contributed by atoms with Crippen molar-refractivity contribution in [2.24, 2.45) is 0 Å². The van der Waals surface area contributed by atoms with Gasteiger partial charge in [0.15, 0.2) is 0 Å². The Bertz CT molecular complexity index is 381. The number of ether oxygens (including phenoxy) is 1. The van der Waals surface area contributed by atoms with Gasteiger partial charge in [-0.1, -0.05) is 6.42 Å². The van der Waals surface area contributed by atoms with Gasteiger partial charge in [0.25, 0.3) is 5.91 Å². The zero-order valence-electron chi connectivity index (χ0n) is 10.7. The van der Waals surface area contributed by atoms with Gasteiger partial charge in [0.1, 0.15) is 5.75 Å². The fraction of sp³-hybridized carbons (Fsp3) is 0.500. The summed E-state index contributed by atoms with van der Waals surface area (Å²) in [4.78, 5) is 12.0. The maximum Gasteiger partial charge on any atom is 0.251 e. The van der Waals surface area contributed by atoms with Gasteiger partial charge < -0.3 is 15.4 Å². The van der Waals surface area contributed by atoms with Crippen LogP contribution in [0.15, 0.2) is 24.3 Å². The van der Waals surface area contributed by atoms with Gasteiger partial charge in [-0.15, -0.1) is 0 Å². The molecule has 1 aromatic carbocycles. The number of methoxy groups -OCH3 is 1. The third-order valence-corrected chi connectivity index (χ3v) is 3.23. The number of carbonyl (C=O) groups is 1. The number of rotatable bonds is 3. The van der Waals surface area contributed by atoms with Crippen molar-refractivity contribution in [1.29, 1.82) is 0 Å². The first-order chi connectivity index (χ1) is 8.79. The Balaban J connectivity index is 1.93. The second-order valence-electron chi connectivity index (χ2n) is 4.60. The molecule has 1 unspecified atom stereocenters. The van der Waals surface area contributed by atoms with Gasteiger partial charge in [-0.3, -0.25) is 4.79 Å². The quantitative estimate of drug-likeness (QED) is 0.853. The van der Waals surface area contributed by atoms with Gasteiger partial charge in [-0.25, -0.2) is 0 Å². The van der Waals surface area contributed by atoms with Crippen molar-refractivity contribution in [3.05, 3.63) is 29.8 Å². The van der Waals surface area contributed by atoms with E-state index in [0.717, 1.165) is 25.3 Å². The molecule has 1 aromatic rings. The van der Waals surface area contributed by atoms with Crippen LogP contribution >= 0.6 is 0 Å². The van der Waals surface area contributed by atoms with E-state index < -0.39 is 0 Å². The summed E-state index contributed by atoms with van der Waals surface area (Å²) in [6, 6.07) is 7.43. The van der Waals surface area contributed by atoms with Crippen LogP contribution in [0.2, 0.25) is 0 Å². The van der Waals surface area contributed by atoms with Gasteiger partial charge in [0.05, 0.1) is 7.11 Å². The molecule has 1 aliphatic rings. The van der Waals surface area contributed by atoms with Crippen molar-refractivity contribution in [2.45, 2.75) is 25.3 Å². The van der Waals surface area contributed by atoms with Crippen molar-refractivity contribution >= 4 is 5.91 Å². The molecular weight excluding hydrogens is 228 g/mol. The molecule has 2 rings (SSSR count). The summed E-state index contributed by atoms with van der Waals surface area (Å²) in [5, 5.41) is 6.41. The summed E-state index contributed by atoms with van der Waals surface area (Å²) >= 11 is 0. The van der Waals surface area contributed by atoms with E-state index in [0.29, 0.717) is 5.56 Å². The molecule has 0 aromatic heterocycles. The van der Waals surface area contributed by atoms with Crippen LogP contribution in [0, 0.1) is 0 Å². The average molecular weight is 248 g/mol. The van der Waals surface area contributed by atoms with Crippen LogP contribution in [0.4, 0.5) is 0 Å². The summed E-state index contributed by atoms with van der Waals surface area (Å²) in [7, 11) is 1.62. The van der Waals surface area contributed by atoms with Crippen molar-refractivity contribution in [1.82, 2.24) is 10.6 Å². The number of hydrogen-bond donors (Lipinski definition) is 2. The Labute approximate surface area is 108 Å². The maximum absolute atomic E-state index is 12.0. The molecule has 18 heavy (non-hydrogen) atoms. The highest BCUT2D eigenvalue weighted by molar-refractivity contribution is 5.94. The van der Waals surface area contributed by atoms with E-state index >= 15 is 0 Å². The van der Waals surface area contributed by atoms with Gasteiger partial charge in [-0.05, 0) is 43.7 Å². The molecule has 1 fully saturated rings. The van der Waals surface area contributed by atoms with E-state index in [9.17, 15) is 4.79 Å². The molecule has 4 heteroatoms. The SMILES string of the molecule is COc1ccc(C(=O)NC2CCCCNC2)cc1. The summed E-state index contributed by atoms with van der Waals surface area (Å²) in [5.41, 5.74) is 0.681. The molecule has 1 atom stereocenters. The Kier molecular flexibility index (Phi) is 4.59. The summed E-state index contributed by atoms with van der Waals surface area (Å²) < 4.78 is 5.07. The molecule has 4 nitrogen and oxygen atoms in total. The second kappa shape index (κ2) is 6.40. The Morgan fingerprint density at radius 3 is 2.83 bits per heavy atom. The maximum atomic E-state index is 12.0. The number of carbonyl (C=O) groups excluding carboxylic acids is 1. The van der Waals surface area contributed by atoms with Gasteiger partial charge in [0, 0.05) is 18.2 Å². The predicted octanol–water partition coefficient (Wildman–Crippen LogP) is 1.57. The minimum absolute atomic E-state index is 0.00801. The minimum atomic E-state index is -0.00801. The molecule has 0 radical (unpaired) electrons. The zero-order chi connectivity index (χ0) is 12.8. The molecule has 1 amide bonds. The molecule has 2 N–H and O–H groups in total. The third-order valence-electron chi connectivity index (χ3n) is 3.23. The van der Waals surface area contributed by atoms with Crippen LogP contribution in [-0.2, 0) is 0 Å². The van der Waals surface area contributed by atoms with Gasteiger partial charge in [0.2, 0.25) is 0 Å². The predicted molar refractivity (Wildman–Crippen MR) is 71.0 cm³/mol. The Morgan fingerprint density at radius 2 is 2.11 bits per heavy atom. The minimum Gasteiger partial charge on any atom is -0.497 e. The van der Waals surface area contributed by atoms with E-state index in [1.807, 2.05) is 0 Å². The van der Waals surface area contributed by atoms with Crippen LogP contribution in [0.3, 0.4) is 0 Å². The molecular formula is C14H20N2O2. The van der Waals surface area contributed by atoms with E-state index in [2.05, 4.69) is 10.6 Å². The molecule has 1 heterocycles. The molecule has 0 spiro atoms. The van der Waals surface area contributed by atoms with Crippen molar-refractivity contribution in [3.8, 4) is 5.75 Å². The topological polar surface area (TPSA) is 50.4 Å². The first-order valence-electron chi connectivity index (χ1n) is 6.45. The largest absolute Gasteiger partial charge is 0.497 e. The van der Waals surface area contributed by atoms with Crippen molar-refractivity contribution < 1.29 is 9.53 Å². The van der Waals surface area contributed by atoms with E-state index in [-0.39, 0.29) is 11.9 Å². The van der Waals surface area contributed by atoms with Gasteiger partial charge >= 0.3 is 0 Å². The van der Waals surface area contributed by atoms with E-state index in [1.165, 1.54) is 12.8 Å². The lowest BCUT2D eigenvalue weighted by molar-refractivity contribution is 0.0935. The average Bonchev–Trinajstić information content (AvgIpc) is 2.67. The molecule has 0 saturated carbocycles. The smallest absolute Gasteiger partial charge is 0.251 e. The summed E-state index contributed by atoms with van der Waals surface area (Å²) in [6.45, 7) is 1.91. The fourth-order valence-electron chi connectivity index (χ4n) is 2.15. The monoisotopic (exact) mass is 248 g/mol.